The first-order chi connectivity index (χ1) is 2.27. The fourth-order valence-electron chi connectivity index (χ4n) is 0. The Morgan fingerprint density at radius 1 is 1.50 bits per heavy atom. The first kappa shape index (κ1) is 10.2. The molecule has 0 atom stereocenters. The van der Waals surface area contributed by atoms with Crippen LogP contribution in [0.5, 0.6) is 0 Å². The molecule has 0 saturated carbocycles. The minimum atomic E-state index is -2.28. The quantitative estimate of drug-likeness (QED) is 0.483. The average Bonchev–Trinajstić information content (AvgIpc) is 1.38. The second kappa shape index (κ2) is 6.10. The van der Waals surface area contributed by atoms with Gasteiger partial charge in [-0.1, -0.05) is 3.39 Å². The first-order valence-electron chi connectivity index (χ1n) is 0.685. The Morgan fingerprint density at radius 3 is 1.67 bits per heavy atom. The van der Waals surface area contributed by atoms with Crippen LogP contribution in [-0.4, -0.2) is 38.0 Å². The maximum absolute atomic E-state index is 9.15. The Hall–Kier alpha value is 1.10. The Balaban J connectivity index is 0. The van der Waals surface area contributed by atoms with E-state index in [-0.39, 0.29) is 29.6 Å². The molecule has 0 radical (unpaired) electrons. The Kier molecular flexibility index (Phi) is 10.3. The van der Waals surface area contributed by atoms with Gasteiger partial charge in [-0.05, 0) is 0 Å². The van der Waals surface area contributed by atoms with Crippen LogP contribution in [0, 0.1) is 0 Å². The van der Waals surface area contributed by atoms with Crippen molar-refractivity contribution in [2.45, 2.75) is 0 Å². The van der Waals surface area contributed by atoms with Crippen LogP contribution in [0.3, 0.4) is 0 Å². The van der Waals surface area contributed by atoms with Gasteiger partial charge in [0.25, 0.3) is 0 Å². The average molecular weight is 182 g/mol. The molecule has 0 spiro atoms. The zero-order valence-corrected chi connectivity index (χ0v) is 4.45. The van der Waals surface area contributed by atoms with Gasteiger partial charge in [0, 0.05) is 0 Å². The first-order valence-corrected chi connectivity index (χ1v) is 2.43. The van der Waals surface area contributed by atoms with Crippen molar-refractivity contribution in [2.24, 2.45) is 3.39 Å². The Labute approximate surface area is 67.5 Å². The number of nitrogens with zero attached hydrogens (tertiary/aromatic N) is 1. The second-order valence-electron chi connectivity index (χ2n) is 0.286. The van der Waals surface area contributed by atoms with Gasteiger partial charge in [-0.15, -0.1) is 0 Å². The number of rotatable bonds is 0. The summed E-state index contributed by atoms with van der Waals surface area (Å²) < 4.78 is 20.9. The molecule has 0 fully saturated rings. The van der Waals surface area contributed by atoms with Crippen molar-refractivity contribution in [2.75, 3.05) is 0 Å². The van der Waals surface area contributed by atoms with Crippen molar-refractivity contribution in [3.05, 3.63) is 0 Å². The summed E-state index contributed by atoms with van der Waals surface area (Å²) in [7, 11) is -2.28. The van der Waals surface area contributed by atoms with Gasteiger partial charge in [0.2, 0.25) is 0 Å². The molecule has 0 aromatic heterocycles. The summed E-state index contributed by atoms with van der Waals surface area (Å²) in [6.07, 6.45) is 0. The molecule has 3 nitrogen and oxygen atoms in total. The summed E-state index contributed by atoms with van der Waals surface area (Å²) >= 11 is 2.33. The van der Waals surface area contributed by atoms with Crippen LogP contribution in [0.1, 0.15) is 0 Å². The van der Waals surface area contributed by atoms with Gasteiger partial charge in [0.05, 0.1) is 16.1 Å². The number of halogens is 1. The van der Waals surface area contributed by atoms with Gasteiger partial charge in [0.15, 0.2) is 0 Å². The predicted molar refractivity (Wildman–Crippen MR) is 27.4 cm³/mol. The molecule has 0 aliphatic rings. The molecule has 0 aromatic rings. The number of hydrogen-bond donors (Lipinski definition) is 0. The van der Waals surface area contributed by atoms with Crippen molar-refractivity contribution < 1.29 is 8.42 Å². The summed E-state index contributed by atoms with van der Waals surface area (Å²) in [6, 6.07) is 0. The van der Waals surface area contributed by atoms with Crippen molar-refractivity contribution in [3.8, 4) is 0 Å². The van der Waals surface area contributed by atoms with Crippen LogP contribution < -0.4 is 0 Å². The molecule has 0 aliphatic heterocycles. The van der Waals surface area contributed by atoms with E-state index in [0.29, 0.717) is 0 Å². The summed E-state index contributed by atoms with van der Waals surface area (Å²) in [5.41, 5.74) is 0. The van der Waals surface area contributed by atoms with Crippen LogP contribution in [0.4, 0.5) is 0 Å². The topological polar surface area (TPSA) is 46.5 Å². The number of hydrogen-bond acceptors (Lipinski definition) is 3. The normalized spacial score (nSPS) is 5.50. The summed E-state index contributed by atoms with van der Waals surface area (Å²) in [4.78, 5) is 0. The molecule has 0 aromatic carbocycles. The van der Waals surface area contributed by atoms with E-state index in [4.69, 9.17) is 8.42 Å². The SMILES string of the molecule is O=S(=O)=NBr.[NaH]. The standard InChI is InChI=1S/BrNO2S.Na.H/c1-2-5(3)4;;. The second-order valence-corrected chi connectivity index (χ2v) is 1.73. The molecule has 0 amide bonds. The predicted octanol–water partition coefficient (Wildman–Crippen LogP) is -0.289. The summed E-state index contributed by atoms with van der Waals surface area (Å²) in [5, 5.41) is 0. The molecule has 0 aliphatic carbocycles. The van der Waals surface area contributed by atoms with Crippen molar-refractivity contribution in [3.63, 3.8) is 0 Å². The molecule has 0 heterocycles. The third-order valence-corrected chi connectivity index (χ3v) is 0.878. The van der Waals surface area contributed by atoms with Crippen LogP contribution in [0.15, 0.2) is 3.39 Å². The van der Waals surface area contributed by atoms with Crippen LogP contribution >= 0.6 is 16.1 Å². The van der Waals surface area contributed by atoms with E-state index in [1.54, 1.807) is 0 Å². The molecule has 0 unspecified atom stereocenters. The zero-order valence-electron chi connectivity index (χ0n) is 2.05. The van der Waals surface area contributed by atoms with Gasteiger partial charge in [-0.2, -0.15) is 8.42 Å². The zero-order chi connectivity index (χ0) is 4.28. The van der Waals surface area contributed by atoms with E-state index >= 15 is 0 Å². The van der Waals surface area contributed by atoms with E-state index in [0.717, 1.165) is 0 Å². The van der Waals surface area contributed by atoms with Gasteiger partial charge in [-0.25, -0.2) is 0 Å². The van der Waals surface area contributed by atoms with Crippen LogP contribution in [0.2, 0.25) is 0 Å². The maximum atomic E-state index is 9.15. The summed E-state index contributed by atoms with van der Waals surface area (Å²) in [5.74, 6) is 0. The van der Waals surface area contributed by atoms with Gasteiger partial charge in [-0.3, -0.25) is 0 Å². The third-order valence-electron chi connectivity index (χ3n) is 0.0563. The summed E-state index contributed by atoms with van der Waals surface area (Å²) in [6.45, 7) is 0. The van der Waals surface area contributed by atoms with E-state index < -0.39 is 10.5 Å². The molecular weight excluding hydrogens is 181 g/mol. The molecule has 0 N–H and O–H groups in total. The Morgan fingerprint density at radius 2 is 1.67 bits per heavy atom. The van der Waals surface area contributed by atoms with Gasteiger partial charge in [0.1, 0.15) is 0 Å². The molecule has 6 heavy (non-hydrogen) atoms. The molecule has 0 bridgehead atoms. The van der Waals surface area contributed by atoms with E-state index in [2.05, 4.69) is 19.5 Å². The minimum absolute atomic E-state index is 0. The van der Waals surface area contributed by atoms with E-state index in [1.807, 2.05) is 0 Å². The van der Waals surface area contributed by atoms with E-state index in [9.17, 15) is 0 Å². The molecular formula is HBrNNaO2S. The van der Waals surface area contributed by atoms with E-state index in [1.165, 1.54) is 0 Å². The molecule has 0 rings (SSSR count). The molecule has 6 heteroatoms. The molecule has 32 valence electrons. The van der Waals surface area contributed by atoms with Crippen molar-refractivity contribution in [1.29, 1.82) is 0 Å². The fraction of sp³-hybridized carbons (Fsp3) is 0. The Bertz CT molecular complexity index is 116. The van der Waals surface area contributed by atoms with Crippen LogP contribution in [-0.2, 0) is 10.5 Å². The van der Waals surface area contributed by atoms with Crippen molar-refractivity contribution in [1.82, 2.24) is 0 Å². The van der Waals surface area contributed by atoms with Crippen molar-refractivity contribution >= 4 is 56.2 Å². The molecule has 0 saturated heterocycles. The monoisotopic (exact) mass is 181 g/mol. The van der Waals surface area contributed by atoms with Gasteiger partial charge < -0.3 is 0 Å². The third kappa shape index (κ3) is 8.92. The van der Waals surface area contributed by atoms with Crippen LogP contribution in [0.25, 0.3) is 0 Å². The fourth-order valence-corrected chi connectivity index (χ4v) is 0. The van der Waals surface area contributed by atoms with Gasteiger partial charge >= 0.3 is 40.1 Å².